The van der Waals surface area contributed by atoms with Crippen LogP contribution in [0.5, 0.6) is 0 Å². The zero-order valence-corrected chi connectivity index (χ0v) is 14.9. The molecule has 0 aliphatic heterocycles. The molecule has 0 N–H and O–H groups in total. The number of hydrogen-bond donors (Lipinski definition) is 0. The molecule has 0 bridgehead atoms. The van der Waals surface area contributed by atoms with Crippen LogP contribution in [0.25, 0.3) is 0 Å². The topological polar surface area (TPSA) is 94.6 Å². The van der Waals surface area contributed by atoms with Crippen LogP contribution in [-0.2, 0) is 29.2 Å². The summed E-state index contributed by atoms with van der Waals surface area (Å²) in [5.74, 6) is -1.44. The molecule has 0 spiro atoms. The van der Waals surface area contributed by atoms with Crippen LogP contribution in [0.15, 0.2) is 12.7 Å². The van der Waals surface area contributed by atoms with E-state index in [1.807, 2.05) is 13.8 Å². The van der Waals surface area contributed by atoms with E-state index in [4.69, 9.17) is 4.74 Å². The third kappa shape index (κ3) is 8.53. The number of hydrogen-bond acceptors (Lipinski definition) is 6. The van der Waals surface area contributed by atoms with Crippen molar-refractivity contribution in [2.24, 2.45) is 0 Å². The summed E-state index contributed by atoms with van der Waals surface area (Å²) in [6, 6.07) is 0. The van der Waals surface area contributed by atoms with Gasteiger partial charge in [-0.05, 0) is 12.8 Å². The Balaban J connectivity index is 5.08. The summed E-state index contributed by atoms with van der Waals surface area (Å²) in [5.41, 5.74) is 0. The molecule has 0 rings (SSSR count). The molecule has 0 aliphatic rings. The van der Waals surface area contributed by atoms with Gasteiger partial charge in [0.2, 0.25) is 0 Å². The Morgan fingerprint density at radius 3 is 2.14 bits per heavy atom. The number of carbonyl (C=O) groups excluding carboxylic acids is 1. The van der Waals surface area contributed by atoms with Gasteiger partial charge in [0.1, 0.15) is 11.9 Å². The van der Waals surface area contributed by atoms with Gasteiger partial charge in [0.25, 0.3) is 0 Å². The van der Waals surface area contributed by atoms with Crippen molar-refractivity contribution in [3.05, 3.63) is 12.7 Å². The highest BCUT2D eigenvalue weighted by molar-refractivity contribution is 7.95. The Morgan fingerprint density at radius 2 is 1.64 bits per heavy atom. The van der Waals surface area contributed by atoms with E-state index >= 15 is 0 Å². The molecule has 0 heterocycles. The average molecular weight is 354 g/mol. The summed E-state index contributed by atoms with van der Waals surface area (Å²) >= 11 is 0. The average Bonchev–Trinajstić information content (AvgIpc) is 2.46. The first-order valence-electron chi connectivity index (χ1n) is 7.39. The Bertz CT molecular complexity index is 548. The predicted molar refractivity (Wildman–Crippen MR) is 87.2 cm³/mol. The highest BCUT2D eigenvalue weighted by Crippen LogP contribution is 2.12. The van der Waals surface area contributed by atoms with Gasteiger partial charge >= 0.3 is 5.97 Å². The molecule has 0 saturated heterocycles. The third-order valence-electron chi connectivity index (χ3n) is 3.12. The van der Waals surface area contributed by atoms with Crippen molar-refractivity contribution < 1.29 is 26.4 Å². The minimum atomic E-state index is -3.64. The second-order valence-electron chi connectivity index (χ2n) is 5.14. The van der Waals surface area contributed by atoms with Crippen LogP contribution in [-0.4, -0.2) is 51.9 Å². The molecule has 0 aromatic carbocycles. The summed E-state index contributed by atoms with van der Waals surface area (Å²) < 4.78 is 53.3. The molecule has 1 atom stereocenters. The fourth-order valence-electron chi connectivity index (χ4n) is 1.73. The summed E-state index contributed by atoms with van der Waals surface area (Å²) in [7, 11) is -7.14. The smallest absolute Gasteiger partial charge is 0.330 e. The van der Waals surface area contributed by atoms with Gasteiger partial charge in [0.15, 0.2) is 19.7 Å². The first kappa shape index (κ1) is 21.1. The van der Waals surface area contributed by atoms with E-state index in [0.717, 1.165) is 6.08 Å². The van der Waals surface area contributed by atoms with E-state index in [9.17, 15) is 21.6 Å². The molecule has 0 aromatic heterocycles. The van der Waals surface area contributed by atoms with Crippen molar-refractivity contribution in [1.82, 2.24) is 0 Å². The van der Waals surface area contributed by atoms with Crippen LogP contribution in [0.1, 0.15) is 39.5 Å². The molecule has 6 nitrogen and oxygen atoms in total. The summed E-state index contributed by atoms with van der Waals surface area (Å²) in [6.45, 7) is 6.47. The summed E-state index contributed by atoms with van der Waals surface area (Å²) in [5, 5.41) is -1.22. The molecular weight excluding hydrogens is 328 g/mol. The molecule has 0 aromatic rings. The Morgan fingerprint density at radius 1 is 1.09 bits per heavy atom. The lowest BCUT2D eigenvalue weighted by atomic mass is 10.4. The largest absolute Gasteiger partial charge is 0.461 e. The Kier molecular flexibility index (Phi) is 9.59. The van der Waals surface area contributed by atoms with Crippen LogP contribution in [0, 0.1) is 0 Å². The van der Waals surface area contributed by atoms with E-state index in [0.29, 0.717) is 25.7 Å². The molecule has 0 saturated carbocycles. The van der Waals surface area contributed by atoms with Gasteiger partial charge < -0.3 is 4.74 Å². The maximum Gasteiger partial charge on any atom is 0.330 e. The Hall–Kier alpha value is -0.890. The van der Waals surface area contributed by atoms with E-state index in [1.54, 1.807) is 0 Å². The second kappa shape index (κ2) is 9.99. The van der Waals surface area contributed by atoms with Crippen LogP contribution in [0.3, 0.4) is 0 Å². The minimum Gasteiger partial charge on any atom is -0.461 e. The monoisotopic (exact) mass is 354 g/mol. The van der Waals surface area contributed by atoms with Crippen molar-refractivity contribution in [1.29, 1.82) is 0 Å². The van der Waals surface area contributed by atoms with Crippen molar-refractivity contribution in [2.45, 2.75) is 44.8 Å². The van der Waals surface area contributed by atoms with E-state index in [2.05, 4.69) is 6.58 Å². The fraction of sp³-hybridized carbons (Fsp3) is 0.786. The standard InChI is InChI=1S/C14H26O6S2/c1-4-7-9-21(16,17)12-13(11-20-14(15)6-3)22(18,19)10-8-5-2/h6,13H,3-5,7-12H2,1-2H3. The molecule has 8 heteroatoms. The van der Waals surface area contributed by atoms with Crippen LogP contribution in [0.2, 0.25) is 0 Å². The molecule has 0 fully saturated rings. The van der Waals surface area contributed by atoms with Gasteiger partial charge in [-0.1, -0.05) is 33.3 Å². The number of carbonyl (C=O) groups is 1. The number of ether oxygens (including phenoxy) is 1. The molecule has 1 unspecified atom stereocenters. The fourth-order valence-corrected chi connectivity index (χ4v) is 6.04. The SMILES string of the molecule is C=CC(=O)OCC(CS(=O)(=O)CCCC)S(=O)(=O)CCCC. The number of unbranched alkanes of at least 4 members (excludes halogenated alkanes) is 2. The molecular formula is C14H26O6S2. The maximum absolute atomic E-state index is 12.3. The van der Waals surface area contributed by atoms with Gasteiger partial charge in [-0.15, -0.1) is 0 Å². The normalized spacial score (nSPS) is 13.5. The first-order valence-corrected chi connectivity index (χ1v) is 10.9. The lowest BCUT2D eigenvalue weighted by molar-refractivity contribution is -0.137. The van der Waals surface area contributed by atoms with Gasteiger partial charge in [0.05, 0.1) is 17.3 Å². The van der Waals surface area contributed by atoms with E-state index in [1.165, 1.54) is 0 Å². The predicted octanol–water partition coefficient (Wildman–Crippen LogP) is 1.51. The quantitative estimate of drug-likeness (QED) is 0.389. The van der Waals surface area contributed by atoms with Crippen LogP contribution >= 0.6 is 0 Å². The Labute approximate surface area is 133 Å². The number of rotatable bonds is 12. The zero-order valence-electron chi connectivity index (χ0n) is 13.3. The lowest BCUT2D eigenvalue weighted by Crippen LogP contribution is -2.37. The molecule has 0 aliphatic carbocycles. The van der Waals surface area contributed by atoms with Gasteiger partial charge in [-0.3, -0.25) is 0 Å². The second-order valence-corrected chi connectivity index (χ2v) is 9.77. The molecule has 22 heavy (non-hydrogen) atoms. The van der Waals surface area contributed by atoms with Crippen LogP contribution < -0.4 is 0 Å². The lowest BCUT2D eigenvalue weighted by Gasteiger charge is -2.17. The first-order chi connectivity index (χ1) is 10.2. The maximum atomic E-state index is 12.3. The summed E-state index contributed by atoms with van der Waals surface area (Å²) in [6.07, 6.45) is 3.24. The van der Waals surface area contributed by atoms with Crippen molar-refractivity contribution in [3.63, 3.8) is 0 Å². The van der Waals surface area contributed by atoms with Gasteiger partial charge in [-0.2, -0.15) is 0 Å². The van der Waals surface area contributed by atoms with Crippen molar-refractivity contribution in [3.8, 4) is 0 Å². The van der Waals surface area contributed by atoms with Crippen molar-refractivity contribution in [2.75, 3.05) is 23.9 Å². The van der Waals surface area contributed by atoms with E-state index in [-0.39, 0.29) is 11.5 Å². The molecule has 0 radical (unpaired) electrons. The van der Waals surface area contributed by atoms with Gasteiger partial charge in [-0.25, -0.2) is 21.6 Å². The molecule has 130 valence electrons. The summed E-state index contributed by atoms with van der Waals surface area (Å²) in [4.78, 5) is 11.1. The minimum absolute atomic E-state index is 0.0568. The van der Waals surface area contributed by atoms with Gasteiger partial charge in [0, 0.05) is 6.08 Å². The highest BCUT2D eigenvalue weighted by Gasteiger charge is 2.31. The van der Waals surface area contributed by atoms with Crippen molar-refractivity contribution >= 4 is 25.6 Å². The van der Waals surface area contributed by atoms with Crippen LogP contribution in [0.4, 0.5) is 0 Å². The number of esters is 1. The zero-order chi connectivity index (χ0) is 17.2. The third-order valence-corrected chi connectivity index (χ3v) is 7.33. The number of sulfone groups is 2. The highest BCUT2D eigenvalue weighted by atomic mass is 32.2. The van der Waals surface area contributed by atoms with E-state index < -0.39 is 43.3 Å². The molecule has 0 amide bonds.